The number of imidazole rings is 1. The van der Waals surface area contributed by atoms with E-state index in [1.807, 2.05) is 11.8 Å². The minimum Gasteiger partial charge on any atom is -0.185 e. The zero-order chi connectivity index (χ0) is 30.2. The third kappa shape index (κ3) is 3.04. The quantitative estimate of drug-likeness (QED) is 0.185. The Labute approximate surface area is 267 Å². The van der Waals surface area contributed by atoms with Gasteiger partial charge in [-0.1, -0.05) is 94.1 Å². The van der Waals surface area contributed by atoms with Crippen molar-refractivity contribution in [3.8, 4) is 22.6 Å². The lowest BCUT2D eigenvalue weighted by Crippen LogP contribution is -2.57. The molecule has 3 nitrogen and oxygen atoms in total. The molecular formula is C41H33N3S+2. The van der Waals surface area contributed by atoms with Crippen molar-refractivity contribution < 1.29 is 9.13 Å². The van der Waals surface area contributed by atoms with Crippen LogP contribution in [0.3, 0.4) is 0 Å². The van der Waals surface area contributed by atoms with Crippen molar-refractivity contribution in [3.63, 3.8) is 0 Å². The molecule has 1 unspecified atom stereocenters. The molecule has 3 aliphatic heterocycles. The molecule has 1 spiro atoms. The first-order valence-electron chi connectivity index (χ1n) is 16.1. The molecule has 1 atom stereocenters. The standard InChI is InChI=1S/C41H33N3S/c1-24(2)27-20-28(25(3)4)22-29(21-27)43-34-17-11-18-35-38(34)44-39-36(45-35)23-26-12-5-6-13-30(26)37(39)41(40(43)44)32-15-8-7-14-31(32)33-16-9-10-19-42(33)41/h5-25H,1-4H3/q+2. The minimum atomic E-state index is -0.564. The van der Waals surface area contributed by atoms with Crippen molar-refractivity contribution in [1.29, 1.82) is 0 Å². The van der Waals surface area contributed by atoms with E-state index in [1.54, 1.807) is 0 Å². The molecule has 10 rings (SSSR count). The minimum absolute atomic E-state index is 0.427. The molecule has 4 heteroatoms. The van der Waals surface area contributed by atoms with Crippen LogP contribution in [0.4, 0.5) is 0 Å². The lowest BCUT2D eigenvalue weighted by Gasteiger charge is -2.22. The molecule has 5 heterocycles. The number of nitrogens with zero attached hydrogens (tertiary/aromatic N) is 3. The molecule has 0 N–H and O–H groups in total. The number of hydrogen-bond acceptors (Lipinski definition) is 1. The highest BCUT2D eigenvalue weighted by Crippen LogP contribution is 2.57. The summed E-state index contributed by atoms with van der Waals surface area (Å²) in [5.41, 5.74) is 12.6. The number of para-hydroxylation sites is 1. The van der Waals surface area contributed by atoms with Gasteiger partial charge in [0.2, 0.25) is 5.69 Å². The molecule has 0 bridgehead atoms. The molecule has 5 aromatic carbocycles. The Morgan fingerprint density at radius 1 is 0.711 bits per heavy atom. The summed E-state index contributed by atoms with van der Waals surface area (Å²) in [6.45, 7) is 9.25. The molecule has 0 radical (unpaired) electrons. The molecule has 0 aliphatic carbocycles. The summed E-state index contributed by atoms with van der Waals surface area (Å²) in [4.78, 5) is 2.64. The van der Waals surface area contributed by atoms with E-state index in [1.165, 1.54) is 82.3 Å². The maximum atomic E-state index is 2.64. The third-order valence-corrected chi connectivity index (χ3v) is 11.4. The van der Waals surface area contributed by atoms with Crippen molar-refractivity contribution in [2.75, 3.05) is 0 Å². The molecule has 3 aliphatic rings. The van der Waals surface area contributed by atoms with Crippen molar-refractivity contribution in [2.45, 2.75) is 54.9 Å². The number of fused-ring (bicyclic) bond motifs is 9. The van der Waals surface area contributed by atoms with Gasteiger partial charge in [0.25, 0.3) is 0 Å². The van der Waals surface area contributed by atoms with Gasteiger partial charge in [-0.3, -0.25) is 0 Å². The fourth-order valence-electron chi connectivity index (χ4n) is 8.37. The Hall–Kier alpha value is -4.67. The Bertz CT molecular complexity index is 2360. The van der Waals surface area contributed by atoms with E-state index in [-0.39, 0.29) is 0 Å². The topological polar surface area (TPSA) is 12.7 Å². The molecule has 0 saturated carbocycles. The fraction of sp³-hybridized carbons (Fsp3) is 0.171. The maximum Gasteiger partial charge on any atom is 0.352 e. The first-order chi connectivity index (χ1) is 22.0. The molecule has 45 heavy (non-hydrogen) atoms. The van der Waals surface area contributed by atoms with Crippen molar-refractivity contribution in [1.82, 2.24) is 4.57 Å². The summed E-state index contributed by atoms with van der Waals surface area (Å²) in [5.74, 6) is 2.14. The van der Waals surface area contributed by atoms with Crippen LogP contribution in [-0.2, 0) is 5.54 Å². The van der Waals surface area contributed by atoms with Crippen molar-refractivity contribution in [2.24, 2.45) is 0 Å². The van der Waals surface area contributed by atoms with Gasteiger partial charge in [-0.05, 0) is 76.2 Å². The van der Waals surface area contributed by atoms with Gasteiger partial charge in [-0.15, -0.1) is 0 Å². The highest BCUT2D eigenvalue weighted by atomic mass is 32.2. The second-order valence-corrected chi connectivity index (χ2v) is 14.5. The Kier molecular flexibility index (Phi) is 4.98. The molecule has 216 valence electrons. The number of benzene rings is 5. The van der Waals surface area contributed by atoms with E-state index in [2.05, 4.69) is 157 Å². The molecular weight excluding hydrogens is 567 g/mol. The SMILES string of the molecule is CC(C)c1cc(C(C)C)cc(-n2c3[n+]4c5c(cccc52)Sc2cc5ccccc5c(c2-4)C32c3ccccc3-c3cccc[n+]32)c1. The maximum absolute atomic E-state index is 2.64. The second kappa shape index (κ2) is 8.74. The van der Waals surface area contributed by atoms with Gasteiger partial charge in [-0.25, -0.2) is 0 Å². The Morgan fingerprint density at radius 3 is 2.29 bits per heavy atom. The van der Waals surface area contributed by atoms with E-state index in [4.69, 9.17) is 0 Å². The largest absolute Gasteiger partial charge is 0.352 e. The number of pyridine rings is 1. The molecule has 7 aromatic rings. The van der Waals surface area contributed by atoms with E-state index >= 15 is 0 Å². The van der Waals surface area contributed by atoms with Crippen molar-refractivity contribution in [3.05, 3.63) is 143 Å². The van der Waals surface area contributed by atoms with Crippen LogP contribution in [0.15, 0.2) is 125 Å². The number of hydrogen-bond donors (Lipinski definition) is 0. The molecule has 0 amide bonds. The third-order valence-electron chi connectivity index (χ3n) is 10.3. The zero-order valence-electron chi connectivity index (χ0n) is 25.9. The monoisotopic (exact) mass is 599 g/mol. The zero-order valence-corrected chi connectivity index (χ0v) is 26.7. The summed E-state index contributed by atoms with van der Waals surface area (Å²) in [7, 11) is 0. The highest BCUT2D eigenvalue weighted by molar-refractivity contribution is 7.99. The van der Waals surface area contributed by atoms with Crippen LogP contribution in [0.25, 0.3) is 44.4 Å². The smallest absolute Gasteiger partial charge is 0.185 e. The van der Waals surface area contributed by atoms with Crippen LogP contribution in [-0.4, -0.2) is 4.57 Å². The summed E-state index contributed by atoms with van der Waals surface area (Å²) in [6.07, 6.45) is 2.31. The summed E-state index contributed by atoms with van der Waals surface area (Å²) >= 11 is 1.92. The Balaban J connectivity index is 1.49. The van der Waals surface area contributed by atoms with E-state index in [9.17, 15) is 0 Å². The van der Waals surface area contributed by atoms with Crippen molar-refractivity contribution >= 4 is 33.6 Å². The van der Waals surface area contributed by atoms with Gasteiger partial charge >= 0.3 is 11.4 Å². The highest BCUT2D eigenvalue weighted by Gasteiger charge is 2.69. The van der Waals surface area contributed by atoms with Crippen LogP contribution >= 0.6 is 11.8 Å². The molecule has 0 saturated heterocycles. The predicted octanol–water partition coefficient (Wildman–Crippen LogP) is 9.19. The average Bonchev–Trinajstić information content (AvgIpc) is 3.67. The van der Waals surface area contributed by atoms with E-state index in [0.29, 0.717) is 11.8 Å². The number of aromatic nitrogens is 3. The predicted molar refractivity (Wildman–Crippen MR) is 182 cm³/mol. The molecule has 0 fully saturated rings. The van der Waals surface area contributed by atoms with Crippen LogP contribution in [0.1, 0.15) is 67.6 Å². The van der Waals surface area contributed by atoms with Gasteiger partial charge in [-0.2, -0.15) is 13.7 Å². The lowest BCUT2D eigenvalue weighted by molar-refractivity contribution is -0.733. The fourth-order valence-corrected chi connectivity index (χ4v) is 9.53. The number of rotatable bonds is 3. The summed E-state index contributed by atoms with van der Waals surface area (Å²) < 4.78 is 7.83. The van der Waals surface area contributed by atoms with Crippen LogP contribution < -0.4 is 9.13 Å². The first-order valence-corrected chi connectivity index (χ1v) is 16.9. The van der Waals surface area contributed by atoms with Gasteiger partial charge < -0.3 is 0 Å². The average molecular weight is 600 g/mol. The lowest BCUT2D eigenvalue weighted by atomic mass is 9.80. The molecule has 2 aromatic heterocycles. The van der Waals surface area contributed by atoms with E-state index < -0.39 is 5.54 Å². The van der Waals surface area contributed by atoms with Crippen LogP contribution in [0.2, 0.25) is 0 Å². The first kappa shape index (κ1) is 25.6. The summed E-state index contributed by atoms with van der Waals surface area (Å²) in [5, 5.41) is 2.61. The normalized spacial score (nSPS) is 16.8. The van der Waals surface area contributed by atoms with Crippen LogP contribution in [0, 0.1) is 0 Å². The van der Waals surface area contributed by atoms with E-state index in [0.717, 1.165) is 0 Å². The Morgan fingerprint density at radius 2 is 1.47 bits per heavy atom. The second-order valence-electron chi connectivity index (χ2n) is 13.4. The van der Waals surface area contributed by atoms with Crippen LogP contribution in [0.5, 0.6) is 0 Å². The van der Waals surface area contributed by atoms with Gasteiger partial charge in [0, 0.05) is 12.1 Å². The summed E-state index contributed by atoms with van der Waals surface area (Å²) in [6, 6.07) is 41.4. The van der Waals surface area contributed by atoms with Gasteiger partial charge in [0.1, 0.15) is 5.69 Å². The van der Waals surface area contributed by atoms with Gasteiger partial charge in [0.15, 0.2) is 22.9 Å². The van der Waals surface area contributed by atoms with Gasteiger partial charge in [0.05, 0.1) is 26.5 Å².